The molecule has 0 spiro atoms. The van der Waals surface area contributed by atoms with Crippen molar-refractivity contribution in [2.75, 3.05) is 34.3 Å². The summed E-state index contributed by atoms with van der Waals surface area (Å²) >= 11 is 12.4. The van der Waals surface area contributed by atoms with Crippen LogP contribution in [0.25, 0.3) is 5.76 Å². The summed E-state index contributed by atoms with van der Waals surface area (Å²) in [5.74, 6) is -1.43. The van der Waals surface area contributed by atoms with Crippen molar-refractivity contribution in [1.82, 2.24) is 9.80 Å². The lowest BCUT2D eigenvalue weighted by Gasteiger charge is -2.26. The maximum absolute atomic E-state index is 13.0. The van der Waals surface area contributed by atoms with E-state index in [0.29, 0.717) is 13.0 Å². The van der Waals surface area contributed by atoms with Gasteiger partial charge in [-0.25, -0.2) is 0 Å². The molecule has 1 heterocycles. The zero-order valence-electron chi connectivity index (χ0n) is 17.6. The molecule has 2 aromatic rings. The molecule has 0 bridgehead atoms. The van der Waals surface area contributed by atoms with Crippen molar-refractivity contribution in [2.24, 2.45) is 0 Å². The number of ether oxygens (including phenoxy) is 1. The monoisotopic (exact) mass is 462 g/mol. The maximum Gasteiger partial charge on any atom is 0.295 e. The van der Waals surface area contributed by atoms with Crippen molar-refractivity contribution in [3.8, 4) is 5.75 Å². The molecule has 0 saturated carbocycles. The number of ketones is 1. The third kappa shape index (κ3) is 4.71. The summed E-state index contributed by atoms with van der Waals surface area (Å²) < 4.78 is 5.15. The molecule has 1 amide bonds. The molecule has 1 unspecified atom stereocenters. The number of likely N-dealkylation sites (tertiary alicyclic amines) is 1. The highest BCUT2D eigenvalue weighted by atomic mass is 35.5. The van der Waals surface area contributed by atoms with E-state index in [9.17, 15) is 14.7 Å². The van der Waals surface area contributed by atoms with Crippen LogP contribution in [0, 0.1) is 0 Å². The average Bonchev–Trinajstić information content (AvgIpc) is 2.98. The van der Waals surface area contributed by atoms with Crippen molar-refractivity contribution in [2.45, 2.75) is 12.5 Å². The lowest BCUT2D eigenvalue weighted by Crippen LogP contribution is -2.32. The van der Waals surface area contributed by atoms with Crippen molar-refractivity contribution in [3.05, 3.63) is 69.2 Å². The third-order valence-electron chi connectivity index (χ3n) is 5.14. The van der Waals surface area contributed by atoms with E-state index in [-0.39, 0.29) is 32.7 Å². The number of methoxy groups -OCH3 is 1. The van der Waals surface area contributed by atoms with Gasteiger partial charge in [-0.05, 0) is 44.8 Å². The van der Waals surface area contributed by atoms with Crippen molar-refractivity contribution in [3.63, 3.8) is 0 Å². The zero-order valence-corrected chi connectivity index (χ0v) is 19.1. The number of benzene rings is 2. The van der Waals surface area contributed by atoms with Crippen LogP contribution in [-0.2, 0) is 9.59 Å². The van der Waals surface area contributed by atoms with E-state index in [1.807, 2.05) is 49.3 Å². The molecule has 1 aliphatic rings. The summed E-state index contributed by atoms with van der Waals surface area (Å²) in [6.07, 6.45) is 0.684. The Labute approximate surface area is 191 Å². The molecule has 6 nitrogen and oxygen atoms in total. The van der Waals surface area contributed by atoms with Crippen LogP contribution in [0.3, 0.4) is 0 Å². The molecular weight excluding hydrogens is 439 g/mol. The van der Waals surface area contributed by atoms with Gasteiger partial charge in [0.15, 0.2) is 5.75 Å². The molecule has 1 N–H and O–H groups in total. The van der Waals surface area contributed by atoms with Crippen LogP contribution in [0.2, 0.25) is 10.0 Å². The number of nitrogens with zero attached hydrogens (tertiary/aromatic N) is 2. The van der Waals surface area contributed by atoms with Gasteiger partial charge in [0, 0.05) is 12.1 Å². The molecule has 0 aliphatic carbocycles. The van der Waals surface area contributed by atoms with Gasteiger partial charge in [-0.1, -0.05) is 53.5 Å². The van der Waals surface area contributed by atoms with Crippen molar-refractivity contribution < 1.29 is 19.4 Å². The average molecular weight is 463 g/mol. The molecule has 3 rings (SSSR count). The number of hydrogen-bond donors (Lipinski definition) is 1. The van der Waals surface area contributed by atoms with Crippen LogP contribution in [-0.4, -0.2) is 60.9 Å². The minimum absolute atomic E-state index is 0.0124. The van der Waals surface area contributed by atoms with E-state index in [1.165, 1.54) is 24.1 Å². The normalized spacial score (nSPS) is 18.1. The molecule has 31 heavy (non-hydrogen) atoms. The van der Waals surface area contributed by atoms with Gasteiger partial charge in [-0.2, -0.15) is 0 Å². The highest BCUT2D eigenvalue weighted by Crippen LogP contribution is 2.41. The summed E-state index contributed by atoms with van der Waals surface area (Å²) in [6.45, 7) is 1.14. The summed E-state index contributed by atoms with van der Waals surface area (Å²) in [5.41, 5.74) is 0.986. The predicted molar refractivity (Wildman–Crippen MR) is 122 cm³/mol. The minimum atomic E-state index is -0.737. The SMILES string of the molecule is COc1c(Cl)cc(/C(O)=C2\C(=O)C(=O)N(CCCN(C)C)C2c2ccccc2)cc1Cl. The second-order valence-corrected chi connectivity index (χ2v) is 8.35. The molecule has 8 heteroatoms. The zero-order chi connectivity index (χ0) is 22.7. The molecule has 2 aromatic carbocycles. The maximum atomic E-state index is 13.0. The molecule has 164 valence electrons. The second-order valence-electron chi connectivity index (χ2n) is 7.53. The van der Waals surface area contributed by atoms with Crippen LogP contribution in [0.4, 0.5) is 0 Å². The number of halogens is 2. The fourth-order valence-electron chi connectivity index (χ4n) is 3.70. The van der Waals surface area contributed by atoms with Gasteiger partial charge in [-0.15, -0.1) is 0 Å². The number of aliphatic hydroxyl groups is 1. The van der Waals surface area contributed by atoms with Crippen molar-refractivity contribution >= 4 is 40.7 Å². The first kappa shape index (κ1) is 23.1. The molecule has 1 fully saturated rings. The molecular formula is C23H24Cl2N2O4. The van der Waals surface area contributed by atoms with Crippen LogP contribution in [0.1, 0.15) is 23.6 Å². The Morgan fingerprint density at radius 1 is 1.13 bits per heavy atom. The van der Waals surface area contributed by atoms with Gasteiger partial charge in [0.1, 0.15) is 5.76 Å². The Morgan fingerprint density at radius 2 is 1.74 bits per heavy atom. The van der Waals surface area contributed by atoms with Crippen LogP contribution in [0.5, 0.6) is 5.75 Å². The highest BCUT2D eigenvalue weighted by molar-refractivity contribution is 6.46. The fraction of sp³-hybridized carbons (Fsp3) is 0.304. The fourth-order valence-corrected chi connectivity index (χ4v) is 4.34. The number of hydrogen-bond acceptors (Lipinski definition) is 5. The number of rotatable bonds is 7. The lowest BCUT2D eigenvalue weighted by atomic mass is 9.95. The molecule has 1 saturated heterocycles. The van der Waals surface area contributed by atoms with E-state index >= 15 is 0 Å². The molecule has 0 aromatic heterocycles. The predicted octanol–water partition coefficient (Wildman–Crippen LogP) is 4.38. The number of Topliss-reactive ketones (excluding diaryl/α,β-unsaturated/α-hetero) is 1. The Kier molecular flexibility index (Phi) is 7.26. The minimum Gasteiger partial charge on any atom is -0.507 e. The quantitative estimate of drug-likeness (QED) is 0.375. The standard InChI is InChI=1S/C23H24Cl2N2O4/c1-26(2)10-7-11-27-19(14-8-5-4-6-9-14)18(21(29)23(27)30)20(28)15-12-16(24)22(31-3)17(25)13-15/h4-6,8-9,12-13,19,28H,7,10-11H2,1-3H3/b20-18+. The largest absolute Gasteiger partial charge is 0.507 e. The first-order valence-electron chi connectivity index (χ1n) is 9.77. The van der Waals surface area contributed by atoms with E-state index in [0.717, 1.165) is 12.1 Å². The van der Waals surface area contributed by atoms with E-state index < -0.39 is 17.7 Å². The second kappa shape index (κ2) is 9.73. The number of carbonyl (C=O) groups is 2. The van der Waals surface area contributed by atoms with E-state index in [2.05, 4.69) is 0 Å². The highest BCUT2D eigenvalue weighted by Gasteiger charge is 2.45. The number of aliphatic hydroxyl groups excluding tert-OH is 1. The van der Waals surface area contributed by atoms with E-state index in [1.54, 1.807) is 0 Å². The van der Waals surface area contributed by atoms with Gasteiger partial charge in [0.2, 0.25) is 0 Å². The number of amides is 1. The summed E-state index contributed by atoms with van der Waals surface area (Å²) in [5, 5.41) is 11.5. The van der Waals surface area contributed by atoms with Crippen LogP contribution in [0.15, 0.2) is 48.0 Å². The Hall–Kier alpha value is -2.54. The van der Waals surface area contributed by atoms with Crippen LogP contribution >= 0.6 is 23.2 Å². The summed E-state index contributed by atoms with van der Waals surface area (Å²) in [4.78, 5) is 29.4. The Balaban J connectivity index is 2.12. The molecule has 1 aliphatic heterocycles. The summed E-state index contributed by atoms with van der Waals surface area (Å²) in [7, 11) is 5.32. The first-order valence-corrected chi connectivity index (χ1v) is 10.5. The van der Waals surface area contributed by atoms with Gasteiger partial charge >= 0.3 is 0 Å². The lowest BCUT2D eigenvalue weighted by molar-refractivity contribution is -0.139. The van der Waals surface area contributed by atoms with Crippen LogP contribution < -0.4 is 4.74 Å². The van der Waals surface area contributed by atoms with Gasteiger partial charge in [0.25, 0.3) is 11.7 Å². The Morgan fingerprint density at radius 3 is 2.29 bits per heavy atom. The smallest absolute Gasteiger partial charge is 0.295 e. The topological polar surface area (TPSA) is 70.1 Å². The first-order chi connectivity index (χ1) is 14.8. The third-order valence-corrected chi connectivity index (χ3v) is 5.70. The molecule has 1 atom stereocenters. The number of carbonyl (C=O) groups excluding carboxylic acids is 2. The van der Waals surface area contributed by atoms with Crippen molar-refractivity contribution in [1.29, 1.82) is 0 Å². The summed E-state index contributed by atoms with van der Waals surface area (Å²) in [6, 6.07) is 11.4. The van der Waals surface area contributed by atoms with Gasteiger partial charge in [-0.3, -0.25) is 9.59 Å². The Bertz CT molecular complexity index is 998. The van der Waals surface area contributed by atoms with E-state index in [4.69, 9.17) is 27.9 Å². The van der Waals surface area contributed by atoms with Gasteiger partial charge in [0.05, 0.1) is 28.8 Å². The van der Waals surface area contributed by atoms with Gasteiger partial charge < -0.3 is 19.6 Å². The molecule has 0 radical (unpaired) electrons.